The second-order valence-corrected chi connectivity index (χ2v) is 7.21. The molecule has 0 aliphatic heterocycles. The molecule has 0 atom stereocenters. The van der Waals surface area contributed by atoms with E-state index in [4.69, 9.17) is 15.2 Å². The van der Waals surface area contributed by atoms with Gasteiger partial charge in [-0.15, -0.1) is 0 Å². The number of hydrogen-bond donors (Lipinski definition) is 3. The molecule has 32 heavy (non-hydrogen) atoms. The fraction of sp³-hybridized carbons (Fsp3) is 0.300. The molecular formula is C20H21N7O5. The number of carbonyl (C=O) groups is 2. The molecule has 0 unspecified atom stereocenters. The van der Waals surface area contributed by atoms with E-state index in [1.807, 2.05) is 0 Å². The lowest BCUT2D eigenvalue weighted by Gasteiger charge is -2.15. The van der Waals surface area contributed by atoms with Gasteiger partial charge in [0, 0.05) is 25.5 Å². The molecule has 1 aliphatic carbocycles. The number of nitrogens with two attached hydrogens (primary N) is 1. The van der Waals surface area contributed by atoms with Crippen molar-refractivity contribution in [1.82, 2.24) is 24.8 Å². The minimum atomic E-state index is -0.574. The first-order chi connectivity index (χ1) is 15.4. The van der Waals surface area contributed by atoms with Crippen molar-refractivity contribution in [1.29, 1.82) is 0 Å². The molecule has 1 saturated carbocycles. The van der Waals surface area contributed by atoms with Crippen LogP contribution in [0.3, 0.4) is 0 Å². The average Bonchev–Trinajstić information content (AvgIpc) is 3.59. The second kappa shape index (κ2) is 8.49. The van der Waals surface area contributed by atoms with Gasteiger partial charge >= 0.3 is 0 Å². The number of ether oxygens (including phenoxy) is 2. The Hall–Kier alpha value is -4.22. The number of methoxy groups -OCH3 is 1. The molecule has 1 fully saturated rings. The molecule has 3 aromatic rings. The third-order valence-electron chi connectivity index (χ3n) is 4.83. The third-order valence-corrected chi connectivity index (χ3v) is 4.83. The number of rotatable bonds is 7. The zero-order valence-electron chi connectivity index (χ0n) is 17.4. The number of amides is 2. The highest BCUT2D eigenvalue weighted by molar-refractivity contribution is 6.03. The van der Waals surface area contributed by atoms with Gasteiger partial charge in [0.25, 0.3) is 17.4 Å². The van der Waals surface area contributed by atoms with Crippen molar-refractivity contribution in [2.24, 2.45) is 7.05 Å². The smallest absolute Gasteiger partial charge is 0.262 e. The molecule has 2 aromatic heterocycles. The zero-order chi connectivity index (χ0) is 22.8. The fourth-order valence-electron chi connectivity index (χ4n) is 2.99. The van der Waals surface area contributed by atoms with Gasteiger partial charge in [-0.3, -0.25) is 24.3 Å². The summed E-state index contributed by atoms with van der Waals surface area (Å²) in [5, 5.41) is 5.64. The van der Waals surface area contributed by atoms with E-state index in [-0.39, 0.29) is 58.4 Å². The van der Waals surface area contributed by atoms with Crippen LogP contribution < -0.4 is 31.4 Å². The van der Waals surface area contributed by atoms with Gasteiger partial charge in [-0.2, -0.15) is 0 Å². The van der Waals surface area contributed by atoms with Gasteiger partial charge < -0.3 is 20.5 Å². The second-order valence-electron chi connectivity index (χ2n) is 7.21. The number of carbonyl (C=O) groups excluding carboxylic acids is 2. The molecule has 12 heteroatoms. The van der Waals surface area contributed by atoms with Crippen LogP contribution in [0.5, 0.6) is 11.5 Å². The van der Waals surface area contributed by atoms with E-state index in [2.05, 4.69) is 25.6 Å². The normalized spacial score (nSPS) is 12.9. The van der Waals surface area contributed by atoms with Crippen LogP contribution in [0.15, 0.2) is 29.3 Å². The maximum Gasteiger partial charge on any atom is 0.262 e. The minimum absolute atomic E-state index is 0.0220. The highest BCUT2D eigenvalue weighted by atomic mass is 16.5. The van der Waals surface area contributed by atoms with Crippen molar-refractivity contribution >= 4 is 34.6 Å². The molecule has 0 bridgehead atoms. The van der Waals surface area contributed by atoms with Crippen LogP contribution in [0.25, 0.3) is 10.9 Å². The maximum absolute atomic E-state index is 12.9. The van der Waals surface area contributed by atoms with Gasteiger partial charge in [-0.05, 0) is 25.0 Å². The van der Waals surface area contributed by atoms with Crippen LogP contribution in [-0.4, -0.2) is 51.1 Å². The fourth-order valence-corrected chi connectivity index (χ4v) is 2.99. The number of nitrogens with one attached hydrogen (secondary N) is 2. The van der Waals surface area contributed by atoms with Crippen LogP contribution in [0.4, 0.5) is 11.9 Å². The summed E-state index contributed by atoms with van der Waals surface area (Å²) in [6.45, 7) is -0.204. The van der Waals surface area contributed by atoms with Gasteiger partial charge in [0.05, 0.1) is 18.1 Å². The summed E-state index contributed by atoms with van der Waals surface area (Å²) in [6, 6.07) is 3.28. The number of nitrogen functional groups attached to an aromatic ring is 1. The van der Waals surface area contributed by atoms with Crippen molar-refractivity contribution in [3.05, 3.63) is 40.4 Å². The number of nitrogens with zero attached hydrogens (tertiary/aromatic N) is 4. The van der Waals surface area contributed by atoms with Crippen LogP contribution in [0, 0.1) is 0 Å². The quantitative estimate of drug-likeness (QED) is 0.467. The lowest BCUT2D eigenvalue weighted by molar-refractivity contribution is -0.123. The summed E-state index contributed by atoms with van der Waals surface area (Å²) in [5.41, 5.74) is 5.35. The molecule has 4 rings (SSSR count). The maximum atomic E-state index is 12.9. The minimum Gasteiger partial charge on any atom is -0.491 e. The molecule has 12 nitrogen and oxygen atoms in total. The molecule has 0 saturated heterocycles. The van der Waals surface area contributed by atoms with E-state index < -0.39 is 11.5 Å². The van der Waals surface area contributed by atoms with Gasteiger partial charge in [0.2, 0.25) is 11.9 Å². The van der Waals surface area contributed by atoms with Crippen molar-refractivity contribution in [3.63, 3.8) is 0 Å². The highest BCUT2D eigenvalue weighted by Gasteiger charge is 2.24. The standard InChI is InChI=1S/C20H21N7O5/c1-27-18(30)12-5-6-13(32-9-14(28)24-11-3-4-11)16(31-2)15(12)25-20(27)26-17(29)10-7-22-19(21)23-8-10/h5-8,11H,3-4,9H2,1-2H3,(H,24,28)(H2,21,22,23)(H,25,26,29). The molecule has 166 valence electrons. The van der Waals surface area contributed by atoms with Crippen molar-refractivity contribution < 1.29 is 19.1 Å². The van der Waals surface area contributed by atoms with E-state index in [0.29, 0.717) is 0 Å². The van der Waals surface area contributed by atoms with E-state index in [0.717, 1.165) is 12.8 Å². The Labute approximate surface area is 181 Å². The molecule has 4 N–H and O–H groups in total. The molecule has 0 spiro atoms. The van der Waals surface area contributed by atoms with E-state index in [1.54, 1.807) is 6.07 Å². The lowest BCUT2D eigenvalue weighted by Crippen LogP contribution is -2.30. The lowest BCUT2D eigenvalue weighted by atomic mass is 10.2. The van der Waals surface area contributed by atoms with Crippen molar-refractivity contribution in [2.45, 2.75) is 18.9 Å². The predicted octanol–water partition coefficient (Wildman–Crippen LogP) is 0.224. The monoisotopic (exact) mass is 439 g/mol. The number of anilines is 2. The van der Waals surface area contributed by atoms with Gasteiger partial charge in [-0.25, -0.2) is 15.0 Å². The Morgan fingerprint density at radius 1 is 1.25 bits per heavy atom. The number of benzene rings is 1. The van der Waals surface area contributed by atoms with Crippen molar-refractivity contribution in [2.75, 3.05) is 24.8 Å². The Morgan fingerprint density at radius 3 is 2.62 bits per heavy atom. The third kappa shape index (κ3) is 4.29. The zero-order valence-corrected chi connectivity index (χ0v) is 17.4. The van der Waals surface area contributed by atoms with Crippen LogP contribution >= 0.6 is 0 Å². The predicted molar refractivity (Wildman–Crippen MR) is 115 cm³/mol. The summed E-state index contributed by atoms with van der Waals surface area (Å²) in [7, 11) is 2.87. The highest BCUT2D eigenvalue weighted by Crippen LogP contribution is 2.33. The van der Waals surface area contributed by atoms with E-state index >= 15 is 0 Å². The number of fused-ring (bicyclic) bond motifs is 1. The van der Waals surface area contributed by atoms with Gasteiger partial charge in [-0.1, -0.05) is 0 Å². The molecule has 1 aromatic carbocycles. The summed E-state index contributed by atoms with van der Waals surface area (Å²) in [5.74, 6) is -0.394. The first-order valence-corrected chi connectivity index (χ1v) is 9.76. The molecule has 0 radical (unpaired) electrons. The summed E-state index contributed by atoms with van der Waals surface area (Å²) >= 11 is 0. The van der Waals surface area contributed by atoms with E-state index in [9.17, 15) is 14.4 Å². The first kappa shape index (κ1) is 21.0. The Morgan fingerprint density at radius 2 is 1.97 bits per heavy atom. The topological polar surface area (TPSA) is 163 Å². The summed E-state index contributed by atoms with van der Waals surface area (Å²) < 4.78 is 12.2. The Balaban J connectivity index is 1.65. The summed E-state index contributed by atoms with van der Waals surface area (Å²) in [4.78, 5) is 49.3. The number of hydrogen-bond acceptors (Lipinski definition) is 9. The van der Waals surface area contributed by atoms with Crippen LogP contribution in [0.1, 0.15) is 23.2 Å². The SMILES string of the molecule is COc1c(OCC(=O)NC2CC2)ccc2c(=O)n(C)c(NC(=O)c3cnc(N)nc3)nc12. The Kier molecular flexibility index (Phi) is 5.58. The first-order valence-electron chi connectivity index (χ1n) is 9.76. The largest absolute Gasteiger partial charge is 0.491 e. The molecule has 2 amide bonds. The Bertz CT molecular complexity index is 1250. The van der Waals surface area contributed by atoms with Gasteiger partial charge in [0.1, 0.15) is 5.52 Å². The number of aromatic nitrogens is 4. The van der Waals surface area contributed by atoms with E-state index in [1.165, 1.54) is 37.2 Å². The van der Waals surface area contributed by atoms with Gasteiger partial charge in [0.15, 0.2) is 18.1 Å². The van der Waals surface area contributed by atoms with Crippen LogP contribution in [-0.2, 0) is 11.8 Å². The molecule has 2 heterocycles. The van der Waals surface area contributed by atoms with Crippen LogP contribution in [0.2, 0.25) is 0 Å². The summed E-state index contributed by atoms with van der Waals surface area (Å²) in [6.07, 6.45) is 4.45. The van der Waals surface area contributed by atoms with Crippen molar-refractivity contribution in [3.8, 4) is 11.5 Å². The average molecular weight is 439 g/mol. The molecule has 1 aliphatic rings. The molecular weight excluding hydrogens is 418 g/mol.